The van der Waals surface area contributed by atoms with Crippen LogP contribution in [-0.4, -0.2) is 22.1 Å². The van der Waals surface area contributed by atoms with E-state index in [9.17, 15) is 8.42 Å². The lowest BCUT2D eigenvalue weighted by atomic mass is 9.82. The highest BCUT2D eigenvalue weighted by Crippen LogP contribution is 2.27. The average Bonchev–Trinajstić information content (AvgIpc) is 2.42. The van der Waals surface area contributed by atoms with Crippen molar-refractivity contribution in [2.24, 2.45) is 17.1 Å². The third-order valence-electron chi connectivity index (χ3n) is 3.81. The van der Waals surface area contributed by atoms with E-state index in [1.807, 2.05) is 6.92 Å². The fourth-order valence-corrected chi connectivity index (χ4v) is 3.02. The van der Waals surface area contributed by atoms with Gasteiger partial charge in [-0.1, -0.05) is 33.8 Å². The molecule has 0 radical (unpaired) electrons. The number of benzene rings is 1. The molecule has 0 aromatic heterocycles. The van der Waals surface area contributed by atoms with Gasteiger partial charge in [-0.2, -0.15) is 0 Å². The zero-order valence-electron chi connectivity index (χ0n) is 13.4. The quantitative estimate of drug-likeness (QED) is 0.842. The molecule has 120 valence electrons. The van der Waals surface area contributed by atoms with E-state index in [2.05, 4.69) is 25.5 Å². The van der Waals surface area contributed by atoms with E-state index >= 15 is 0 Å². The molecule has 1 aromatic rings. The van der Waals surface area contributed by atoms with Crippen LogP contribution >= 0.6 is 0 Å². The predicted molar refractivity (Wildman–Crippen MR) is 84.7 cm³/mol. The first-order chi connectivity index (χ1) is 9.61. The molecule has 0 spiro atoms. The summed E-state index contributed by atoms with van der Waals surface area (Å²) in [7, 11) is -2.17. The summed E-state index contributed by atoms with van der Waals surface area (Å²) in [6.45, 7) is 8.94. The second-order valence-electron chi connectivity index (χ2n) is 6.31. The zero-order chi connectivity index (χ0) is 16.3. The number of ether oxygens (including phenoxy) is 1. The molecule has 0 saturated carbocycles. The minimum atomic E-state index is -3.62. The molecular formula is C15H26N2O3S. The van der Waals surface area contributed by atoms with Gasteiger partial charge in [0, 0.05) is 13.1 Å². The van der Waals surface area contributed by atoms with E-state index in [0.29, 0.717) is 12.3 Å². The van der Waals surface area contributed by atoms with Crippen molar-refractivity contribution in [3.63, 3.8) is 0 Å². The maximum Gasteiger partial charge on any atom is 0.244 e. The van der Waals surface area contributed by atoms with Gasteiger partial charge in [-0.05, 0) is 29.0 Å². The lowest BCUT2D eigenvalue weighted by molar-refractivity contribution is 0.263. The Kier molecular flexibility index (Phi) is 5.78. The second kappa shape index (κ2) is 6.77. The van der Waals surface area contributed by atoms with Crippen LogP contribution in [0.2, 0.25) is 0 Å². The molecule has 1 atom stereocenters. The summed E-state index contributed by atoms with van der Waals surface area (Å²) in [6, 6.07) is 4.95. The molecule has 1 rings (SSSR count). The van der Waals surface area contributed by atoms with E-state index < -0.39 is 10.0 Å². The lowest BCUT2D eigenvalue weighted by Gasteiger charge is -2.27. The molecule has 0 bridgehead atoms. The van der Waals surface area contributed by atoms with Gasteiger partial charge in [-0.3, -0.25) is 0 Å². The number of hydrogen-bond acceptors (Lipinski definition) is 4. The van der Waals surface area contributed by atoms with Crippen molar-refractivity contribution in [1.82, 2.24) is 4.72 Å². The summed E-state index contributed by atoms with van der Waals surface area (Å²) in [5.41, 5.74) is 6.36. The number of nitrogens with one attached hydrogen (secondary N) is 1. The van der Waals surface area contributed by atoms with Crippen molar-refractivity contribution in [2.75, 3.05) is 13.7 Å². The largest absolute Gasteiger partial charge is 0.495 e. The van der Waals surface area contributed by atoms with Gasteiger partial charge in [0.25, 0.3) is 0 Å². The summed E-state index contributed by atoms with van der Waals surface area (Å²) < 4.78 is 32.8. The van der Waals surface area contributed by atoms with Gasteiger partial charge in [0.15, 0.2) is 0 Å². The highest BCUT2D eigenvalue weighted by molar-refractivity contribution is 7.89. The van der Waals surface area contributed by atoms with Gasteiger partial charge >= 0.3 is 0 Å². The van der Waals surface area contributed by atoms with Crippen LogP contribution in [0, 0.1) is 11.3 Å². The highest BCUT2D eigenvalue weighted by Gasteiger charge is 2.24. The third kappa shape index (κ3) is 4.69. The first-order valence-corrected chi connectivity index (χ1v) is 8.46. The highest BCUT2D eigenvalue weighted by atomic mass is 32.2. The van der Waals surface area contributed by atoms with Crippen molar-refractivity contribution in [3.05, 3.63) is 23.8 Å². The molecule has 1 aromatic carbocycles. The third-order valence-corrected chi connectivity index (χ3v) is 5.26. The molecule has 1 unspecified atom stereocenters. The van der Waals surface area contributed by atoms with E-state index in [4.69, 9.17) is 10.5 Å². The van der Waals surface area contributed by atoms with E-state index in [1.165, 1.54) is 7.11 Å². The molecule has 0 amide bonds. The molecule has 5 nitrogen and oxygen atoms in total. The first kappa shape index (κ1) is 17.9. The molecular weight excluding hydrogens is 288 g/mol. The van der Waals surface area contributed by atoms with Gasteiger partial charge in [0.1, 0.15) is 10.6 Å². The Morgan fingerprint density at radius 1 is 1.33 bits per heavy atom. The number of nitrogens with two attached hydrogens (primary N) is 1. The Hall–Kier alpha value is -1.11. The van der Waals surface area contributed by atoms with E-state index in [0.717, 1.165) is 5.56 Å². The van der Waals surface area contributed by atoms with E-state index in [1.54, 1.807) is 18.2 Å². The smallest absolute Gasteiger partial charge is 0.244 e. The van der Waals surface area contributed by atoms with Gasteiger partial charge in [-0.25, -0.2) is 13.1 Å². The number of hydrogen-bond donors (Lipinski definition) is 2. The minimum absolute atomic E-state index is 0.0334. The molecule has 0 aliphatic rings. The number of sulfonamides is 1. The topological polar surface area (TPSA) is 81.4 Å². The van der Waals surface area contributed by atoms with Gasteiger partial charge in [-0.15, -0.1) is 0 Å². The second-order valence-corrected chi connectivity index (χ2v) is 8.04. The SMILES string of the molecule is COc1ccc(CN)cc1S(=O)(=O)NCC(C)C(C)(C)C. The van der Waals surface area contributed by atoms with Crippen molar-refractivity contribution < 1.29 is 13.2 Å². The van der Waals surface area contributed by atoms with Crippen LogP contribution in [-0.2, 0) is 16.6 Å². The summed E-state index contributed by atoms with van der Waals surface area (Å²) in [6.07, 6.45) is 0. The monoisotopic (exact) mass is 314 g/mol. The van der Waals surface area contributed by atoms with Crippen LogP contribution in [0.3, 0.4) is 0 Å². The Labute approximate surface area is 127 Å². The summed E-state index contributed by atoms with van der Waals surface area (Å²) >= 11 is 0. The standard InChI is InChI=1S/C15H26N2O3S/c1-11(15(2,3)4)10-17-21(18,19)14-8-12(9-16)6-7-13(14)20-5/h6-8,11,17H,9-10,16H2,1-5H3. The number of rotatable bonds is 6. The predicted octanol–water partition coefficient (Wildman–Crippen LogP) is 2.11. The maximum atomic E-state index is 12.5. The van der Waals surface area contributed by atoms with Gasteiger partial charge in [0.2, 0.25) is 10.0 Å². The van der Waals surface area contributed by atoms with Crippen LogP contribution < -0.4 is 15.2 Å². The zero-order valence-corrected chi connectivity index (χ0v) is 14.3. The molecule has 0 saturated heterocycles. The molecule has 0 fully saturated rings. The summed E-state index contributed by atoms with van der Waals surface area (Å²) in [5.74, 6) is 0.527. The molecule has 3 N–H and O–H groups in total. The lowest BCUT2D eigenvalue weighted by Crippen LogP contribution is -2.33. The average molecular weight is 314 g/mol. The molecule has 0 aliphatic heterocycles. The van der Waals surface area contributed by atoms with Crippen molar-refractivity contribution in [1.29, 1.82) is 0 Å². The van der Waals surface area contributed by atoms with Crippen LogP contribution in [0.1, 0.15) is 33.3 Å². The van der Waals surface area contributed by atoms with Gasteiger partial charge < -0.3 is 10.5 Å². The Morgan fingerprint density at radius 2 is 1.95 bits per heavy atom. The van der Waals surface area contributed by atoms with Crippen molar-refractivity contribution >= 4 is 10.0 Å². The van der Waals surface area contributed by atoms with Crippen LogP contribution in [0.15, 0.2) is 23.1 Å². The van der Waals surface area contributed by atoms with Crippen molar-refractivity contribution in [2.45, 2.75) is 39.1 Å². The van der Waals surface area contributed by atoms with Crippen LogP contribution in [0.4, 0.5) is 0 Å². The van der Waals surface area contributed by atoms with E-state index in [-0.39, 0.29) is 22.8 Å². The molecule has 21 heavy (non-hydrogen) atoms. The fraction of sp³-hybridized carbons (Fsp3) is 0.600. The van der Waals surface area contributed by atoms with Crippen molar-refractivity contribution in [3.8, 4) is 5.75 Å². The summed E-state index contributed by atoms with van der Waals surface area (Å²) in [4.78, 5) is 0.133. The van der Waals surface area contributed by atoms with Gasteiger partial charge in [0.05, 0.1) is 7.11 Å². The minimum Gasteiger partial charge on any atom is -0.495 e. The Balaban J connectivity index is 3.02. The Morgan fingerprint density at radius 3 is 2.43 bits per heavy atom. The first-order valence-electron chi connectivity index (χ1n) is 6.98. The Bertz CT molecular complexity index is 577. The normalized spacial score (nSPS) is 14.0. The fourth-order valence-electron chi connectivity index (χ4n) is 1.68. The van der Waals surface area contributed by atoms with Crippen LogP contribution in [0.25, 0.3) is 0 Å². The molecule has 0 heterocycles. The number of methoxy groups -OCH3 is 1. The van der Waals surface area contributed by atoms with Crippen LogP contribution in [0.5, 0.6) is 5.75 Å². The summed E-state index contributed by atoms with van der Waals surface area (Å²) in [5, 5.41) is 0. The molecule has 6 heteroatoms. The molecule has 0 aliphatic carbocycles. The maximum absolute atomic E-state index is 12.5.